The van der Waals surface area contributed by atoms with Crippen molar-refractivity contribution in [1.82, 2.24) is 4.98 Å². The van der Waals surface area contributed by atoms with Crippen LogP contribution in [0.5, 0.6) is 0 Å². The van der Waals surface area contributed by atoms with Gasteiger partial charge in [-0.1, -0.05) is 18.2 Å². The minimum atomic E-state index is 0.0868. The third-order valence-corrected chi connectivity index (χ3v) is 2.01. The molecule has 0 radical (unpaired) electrons. The van der Waals surface area contributed by atoms with E-state index in [1.54, 1.807) is 12.3 Å². The number of oxazole rings is 1. The molecule has 0 spiro atoms. The molecule has 2 aromatic rings. The van der Waals surface area contributed by atoms with Gasteiger partial charge in [0.25, 0.3) is 0 Å². The Hall–Kier alpha value is -2.23. The highest BCUT2D eigenvalue weighted by molar-refractivity contribution is 6.07. The summed E-state index contributed by atoms with van der Waals surface area (Å²) in [7, 11) is 0. The van der Waals surface area contributed by atoms with Gasteiger partial charge in [0.1, 0.15) is 12.8 Å². The largest absolute Gasteiger partial charge is 0.452 e. The van der Waals surface area contributed by atoms with Crippen LogP contribution in [-0.4, -0.2) is 17.3 Å². The number of Topliss-reactive ketones (excluding diaryl/α,β-unsaturated/α-hetero) is 1. The van der Waals surface area contributed by atoms with Gasteiger partial charge < -0.3 is 4.42 Å². The lowest BCUT2D eigenvalue weighted by molar-refractivity contribution is -0.112. The van der Waals surface area contributed by atoms with E-state index in [0.717, 1.165) is 10.6 Å². The molecule has 80 valence electrons. The van der Waals surface area contributed by atoms with E-state index in [-0.39, 0.29) is 5.78 Å². The van der Waals surface area contributed by atoms with E-state index in [1.807, 2.05) is 24.3 Å². The number of benzene rings is 1. The van der Waals surface area contributed by atoms with Crippen LogP contribution in [0.3, 0.4) is 0 Å². The van der Waals surface area contributed by atoms with Crippen molar-refractivity contribution in [2.24, 2.45) is 4.99 Å². The number of hydrogen-bond donors (Lipinski definition) is 0. The highest BCUT2D eigenvalue weighted by Crippen LogP contribution is 1.81. The molecule has 0 fully saturated rings. The second-order valence-electron chi connectivity index (χ2n) is 3.16. The second kappa shape index (κ2) is 5.02. The highest BCUT2D eigenvalue weighted by atomic mass is 16.3. The van der Waals surface area contributed by atoms with Gasteiger partial charge in [-0.25, -0.2) is 4.98 Å². The van der Waals surface area contributed by atoms with Gasteiger partial charge in [0.2, 0.25) is 0 Å². The summed E-state index contributed by atoms with van der Waals surface area (Å²) >= 11 is 0. The minimum absolute atomic E-state index is 0.0868. The van der Waals surface area contributed by atoms with Gasteiger partial charge in [-0.15, -0.1) is 0 Å². The molecule has 1 aliphatic rings. The van der Waals surface area contributed by atoms with Crippen molar-refractivity contribution in [3.05, 3.63) is 53.7 Å². The molecule has 0 saturated heterocycles. The molecule has 3 rings (SSSR count). The van der Waals surface area contributed by atoms with Gasteiger partial charge in [-0.05, 0) is 12.1 Å². The summed E-state index contributed by atoms with van der Waals surface area (Å²) in [6, 6.07) is 7.64. The van der Waals surface area contributed by atoms with Crippen molar-refractivity contribution in [3.8, 4) is 0 Å². The number of para-hydroxylation sites is 1. The first-order valence-electron chi connectivity index (χ1n) is 4.82. The number of fused-ring (bicyclic) bond motifs is 1. The lowest BCUT2D eigenvalue weighted by Crippen LogP contribution is -2.30. The Bertz CT molecular complexity index is 556. The Kier molecular flexibility index (Phi) is 3.23. The van der Waals surface area contributed by atoms with E-state index in [1.165, 1.54) is 12.7 Å². The molecule has 0 aliphatic carbocycles. The zero-order chi connectivity index (χ0) is 11.2. The second-order valence-corrected chi connectivity index (χ2v) is 3.16. The molecular weight excluding hydrogens is 204 g/mol. The van der Waals surface area contributed by atoms with Crippen LogP contribution in [0.15, 0.2) is 52.5 Å². The van der Waals surface area contributed by atoms with Crippen LogP contribution in [0.1, 0.15) is 0 Å². The van der Waals surface area contributed by atoms with E-state index in [2.05, 4.69) is 14.4 Å². The number of ketones is 1. The van der Waals surface area contributed by atoms with Gasteiger partial charge in [0, 0.05) is 5.22 Å². The third-order valence-electron chi connectivity index (χ3n) is 2.01. The summed E-state index contributed by atoms with van der Waals surface area (Å²) in [5, 5.41) is 1.86. The Morgan fingerprint density at radius 2 is 2.12 bits per heavy atom. The van der Waals surface area contributed by atoms with E-state index in [9.17, 15) is 4.79 Å². The maximum atomic E-state index is 10.9. The molecule has 0 unspecified atom stereocenters. The molecule has 2 heterocycles. The minimum Gasteiger partial charge on any atom is -0.452 e. The Morgan fingerprint density at radius 1 is 1.25 bits per heavy atom. The molecule has 0 bridgehead atoms. The lowest BCUT2D eigenvalue weighted by Gasteiger charge is -1.96. The smallest absolute Gasteiger partial charge is 0.180 e. The van der Waals surface area contributed by atoms with Gasteiger partial charge in [-0.2, -0.15) is 0 Å². The van der Waals surface area contributed by atoms with Crippen molar-refractivity contribution in [2.45, 2.75) is 0 Å². The average molecular weight is 214 g/mol. The SMILES string of the molecule is O=C1C=c2ccccc2=NC1.c1cocn1. The van der Waals surface area contributed by atoms with Crippen LogP contribution in [-0.2, 0) is 4.79 Å². The summed E-state index contributed by atoms with van der Waals surface area (Å²) in [5.74, 6) is 0.0868. The predicted molar refractivity (Wildman–Crippen MR) is 58.1 cm³/mol. The van der Waals surface area contributed by atoms with Crippen molar-refractivity contribution in [2.75, 3.05) is 6.54 Å². The number of nitrogens with zero attached hydrogens (tertiary/aromatic N) is 2. The highest BCUT2D eigenvalue weighted by Gasteiger charge is 1.99. The average Bonchev–Trinajstić information content (AvgIpc) is 2.87. The maximum Gasteiger partial charge on any atom is 0.180 e. The van der Waals surface area contributed by atoms with Crippen molar-refractivity contribution in [1.29, 1.82) is 0 Å². The number of rotatable bonds is 0. The molecule has 1 aliphatic heterocycles. The molecular formula is C12H10N2O2. The van der Waals surface area contributed by atoms with Crippen molar-refractivity contribution in [3.63, 3.8) is 0 Å². The molecule has 1 aromatic heterocycles. The number of carbonyl (C=O) groups excluding carboxylic acids is 1. The first kappa shape index (κ1) is 10.3. The molecule has 0 saturated carbocycles. The summed E-state index contributed by atoms with van der Waals surface area (Å²) in [4.78, 5) is 18.5. The fraction of sp³-hybridized carbons (Fsp3) is 0.0833. The molecule has 1 aromatic carbocycles. The van der Waals surface area contributed by atoms with Crippen molar-refractivity contribution < 1.29 is 9.21 Å². The number of aromatic nitrogens is 1. The van der Waals surface area contributed by atoms with Crippen LogP contribution >= 0.6 is 0 Å². The number of carbonyl (C=O) groups is 1. The van der Waals surface area contributed by atoms with Gasteiger partial charge in [0.05, 0.1) is 11.6 Å². The summed E-state index contributed by atoms with van der Waals surface area (Å²) in [6.07, 6.45) is 6.11. The monoisotopic (exact) mass is 214 g/mol. The summed E-state index contributed by atoms with van der Waals surface area (Å²) in [5.41, 5.74) is 0. The molecule has 0 atom stereocenters. The molecule has 16 heavy (non-hydrogen) atoms. The van der Waals surface area contributed by atoms with Crippen LogP contribution in [0.4, 0.5) is 0 Å². The van der Waals surface area contributed by atoms with Crippen LogP contribution in [0, 0.1) is 0 Å². The Morgan fingerprint density at radius 3 is 2.81 bits per heavy atom. The van der Waals surface area contributed by atoms with Gasteiger partial charge in [0.15, 0.2) is 12.2 Å². The quantitative estimate of drug-likeness (QED) is 0.635. The van der Waals surface area contributed by atoms with E-state index >= 15 is 0 Å². The fourth-order valence-electron chi connectivity index (χ4n) is 1.31. The first-order valence-corrected chi connectivity index (χ1v) is 4.82. The topological polar surface area (TPSA) is 55.5 Å². The normalized spacial score (nSPS) is 12.6. The van der Waals surface area contributed by atoms with Crippen LogP contribution in [0.2, 0.25) is 0 Å². The maximum absolute atomic E-state index is 10.9. The lowest BCUT2D eigenvalue weighted by atomic mass is 10.2. The third kappa shape index (κ3) is 2.63. The van der Waals surface area contributed by atoms with Gasteiger partial charge in [-0.3, -0.25) is 9.79 Å². The molecule has 0 amide bonds. The zero-order valence-electron chi connectivity index (χ0n) is 8.54. The number of hydrogen-bond acceptors (Lipinski definition) is 4. The standard InChI is InChI=1S/C9H7NO.C3H3NO/c11-8-5-7-3-1-2-4-9(7)10-6-8;1-2-5-3-4-1/h1-5H,6H2;1-3H. The first-order chi connectivity index (χ1) is 7.86. The molecule has 0 N–H and O–H groups in total. The zero-order valence-corrected chi connectivity index (χ0v) is 8.54. The van der Waals surface area contributed by atoms with E-state index in [0.29, 0.717) is 6.54 Å². The molecule has 4 nitrogen and oxygen atoms in total. The van der Waals surface area contributed by atoms with Gasteiger partial charge >= 0.3 is 0 Å². The van der Waals surface area contributed by atoms with Crippen molar-refractivity contribution >= 4 is 11.9 Å². The summed E-state index contributed by atoms with van der Waals surface area (Å²) in [6.45, 7) is 0.303. The summed E-state index contributed by atoms with van der Waals surface area (Å²) < 4.78 is 4.47. The van der Waals surface area contributed by atoms with Crippen LogP contribution < -0.4 is 10.6 Å². The molecule has 4 heteroatoms. The fourth-order valence-corrected chi connectivity index (χ4v) is 1.31. The van der Waals surface area contributed by atoms with E-state index in [4.69, 9.17) is 0 Å². The predicted octanol–water partition coefficient (Wildman–Crippen LogP) is 0.344. The Labute approximate surface area is 92.0 Å². The van der Waals surface area contributed by atoms with E-state index < -0.39 is 0 Å². The van der Waals surface area contributed by atoms with Crippen LogP contribution in [0.25, 0.3) is 6.08 Å². The Balaban J connectivity index is 0.000000162.